The summed E-state index contributed by atoms with van der Waals surface area (Å²) in [6.07, 6.45) is 2.65. The van der Waals surface area contributed by atoms with Gasteiger partial charge in [-0.25, -0.2) is 9.78 Å². The Labute approximate surface area is 135 Å². The molecule has 0 aliphatic heterocycles. The van der Waals surface area contributed by atoms with Gasteiger partial charge in [-0.2, -0.15) is 0 Å². The third-order valence-electron chi connectivity index (χ3n) is 2.74. The molecule has 5 heteroatoms. The van der Waals surface area contributed by atoms with Crippen molar-refractivity contribution < 1.29 is 9.53 Å². The molecular weight excluding hydrogens is 306 g/mol. The molecule has 1 aromatic carbocycles. The van der Waals surface area contributed by atoms with E-state index < -0.39 is 0 Å². The second-order valence-corrected chi connectivity index (χ2v) is 5.24. The molecule has 0 atom stereocenters. The molecule has 1 heterocycles. The summed E-state index contributed by atoms with van der Waals surface area (Å²) in [7, 11) is 0. The molecule has 0 bridgehead atoms. The maximum Gasteiger partial charge on any atom is 0.340 e. The molecule has 2 aromatic rings. The number of carbonyl (C=O) groups is 1. The number of hydrogen-bond acceptors (Lipinski definition) is 4. The summed E-state index contributed by atoms with van der Waals surface area (Å²) < 4.78 is 5.04. The molecule has 0 saturated carbocycles. The van der Waals surface area contributed by atoms with Crippen molar-refractivity contribution in [2.24, 2.45) is 0 Å². The van der Waals surface area contributed by atoms with E-state index >= 15 is 0 Å². The highest BCUT2D eigenvalue weighted by Gasteiger charge is 2.13. The molecule has 0 N–H and O–H groups in total. The van der Waals surface area contributed by atoms with Crippen LogP contribution in [0.15, 0.2) is 53.7 Å². The van der Waals surface area contributed by atoms with Crippen molar-refractivity contribution in [1.29, 1.82) is 0 Å². The van der Waals surface area contributed by atoms with Crippen LogP contribution in [0.1, 0.15) is 22.8 Å². The first-order valence-electron chi connectivity index (χ1n) is 6.60. The van der Waals surface area contributed by atoms with Crippen LogP contribution in [0.2, 0.25) is 0 Å². The molecule has 0 saturated heterocycles. The van der Waals surface area contributed by atoms with Gasteiger partial charge in [-0.3, -0.25) is 0 Å². The predicted molar refractivity (Wildman–Crippen MR) is 88.3 cm³/mol. The topological polar surface area (TPSA) is 39.2 Å². The minimum Gasteiger partial charge on any atom is -0.462 e. The standard InChI is InChI=1S/C16H17NO2S.ClH/c1-2-19-16(18)14-9-6-11-17-15(14)20-12-10-13-7-4-3-5-8-13;/h3-9,11H,2,10,12H2,1H3;1H. The monoisotopic (exact) mass is 323 g/mol. The molecule has 0 amide bonds. The molecule has 0 radical (unpaired) electrons. The third kappa shape index (κ3) is 5.40. The first kappa shape index (κ1) is 17.5. The molecule has 1 aromatic heterocycles. The van der Waals surface area contributed by atoms with Crippen molar-refractivity contribution in [3.05, 3.63) is 59.8 Å². The van der Waals surface area contributed by atoms with Gasteiger partial charge in [-0.05, 0) is 31.0 Å². The van der Waals surface area contributed by atoms with Gasteiger partial charge in [0.25, 0.3) is 0 Å². The Morgan fingerprint density at radius 2 is 1.95 bits per heavy atom. The Bertz CT molecular complexity index is 563. The second-order valence-electron chi connectivity index (χ2n) is 4.16. The third-order valence-corrected chi connectivity index (χ3v) is 3.75. The van der Waals surface area contributed by atoms with Gasteiger partial charge < -0.3 is 4.74 Å². The number of carbonyl (C=O) groups excluding carboxylic acids is 1. The number of halogens is 1. The van der Waals surface area contributed by atoms with Gasteiger partial charge in [0, 0.05) is 11.9 Å². The number of aromatic nitrogens is 1. The zero-order valence-corrected chi connectivity index (χ0v) is 13.5. The zero-order chi connectivity index (χ0) is 14.2. The van der Waals surface area contributed by atoms with E-state index in [1.54, 1.807) is 37.0 Å². The Hall–Kier alpha value is -1.52. The van der Waals surface area contributed by atoms with E-state index in [4.69, 9.17) is 4.74 Å². The van der Waals surface area contributed by atoms with Crippen LogP contribution in [0.4, 0.5) is 0 Å². The first-order valence-corrected chi connectivity index (χ1v) is 7.58. The number of aryl methyl sites for hydroxylation is 1. The van der Waals surface area contributed by atoms with Gasteiger partial charge in [0.1, 0.15) is 5.03 Å². The van der Waals surface area contributed by atoms with Crippen LogP contribution in [0.25, 0.3) is 0 Å². The van der Waals surface area contributed by atoms with Gasteiger partial charge in [0.15, 0.2) is 0 Å². The lowest BCUT2D eigenvalue weighted by Crippen LogP contribution is -2.07. The maximum absolute atomic E-state index is 11.8. The largest absolute Gasteiger partial charge is 0.462 e. The second kappa shape index (κ2) is 9.42. The highest BCUT2D eigenvalue weighted by Crippen LogP contribution is 2.21. The van der Waals surface area contributed by atoms with Crippen LogP contribution in [0, 0.1) is 0 Å². The summed E-state index contributed by atoms with van der Waals surface area (Å²) in [4.78, 5) is 16.1. The molecule has 3 nitrogen and oxygen atoms in total. The fourth-order valence-corrected chi connectivity index (χ4v) is 2.75. The number of thioether (sulfide) groups is 1. The van der Waals surface area contributed by atoms with Crippen molar-refractivity contribution in [2.75, 3.05) is 12.4 Å². The van der Waals surface area contributed by atoms with E-state index in [1.807, 2.05) is 18.2 Å². The summed E-state index contributed by atoms with van der Waals surface area (Å²) in [5.41, 5.74) is 1.83. The molecule has 112 valence electrons. The van der Waals surface area contributed by atoms with E-state index in [9.17, 15) is 4.79 Å². The average Bonchev–Trinajstić information content (AvgIpc) is 2.49. The number of nitrogens with zero attached hydrogens (tertiary/aromatic N) is 1. The van der Waals surface area contributed by atoms with E-state index in [-0.39, 0.29) is 18.4 Å². The van der Waals surface area contributed by atoms with E-state index in [0.717, 1.165) is 17.2 Å². The van der Waals surface area contributed by atoms with Gasteiger partial charge in [0.05, 0.1) is 12.2 Å². The summed E-state index contributed by atoms with van der Waals surface area (Å²) in [5.74, 6) is 0.579. The number of hydrogen-bond donors (Lipinski definition) is 0. The minimum atomic E-state index is -0.303. The quantitative estimate of drug-likeness (QED) is 0.594. The van der Waals surface area contributed by atoms with Crippen molar-refractivity contribution in [3.8, 4) is 0 Å². The Morgan fingerprint density at radius 1 is 1.19 bits per heavy atom. The Kier molecular flexibility index (Phi) is 7.87. The zero-order valence-electron chi connectivity index (χ0n) is 11.8. The molecule has 2 rings (SSSR count). The summed E-state index contributed by atoms with van der Waals surface area (Å²) >= 11 is 1.58. The lowest BCUT2D eigenvalue weighted by molar-refractivity contribution is 0.0521. The highest BCUT2D eigenvalue weighted by molar-refractivity contribution is 7.99. The van der Waals surface area contributed by atoms with Gasteiger partial charge in [-0.1, -0.05) is 30.3 Å². The smallest absolute Gasteiger partial charge is 0.340 e. The summed E-state index contributed by atoms with van der Waals surface area (Å²) in [5, 5.41) is 0.738. The summed E-state index contributed by atoms with van der Waals surface area (Å²) in [6, 6.07) is 13.8. The van der Waals surface area contributed by atoms with Crippen molar-refractivity contribution in [2.45, 2.75) is 18.4 Å². The fraction of sp³-hybridized carbons (Fsp3) is 0.250. The fourth-order valence-electron chi connectivity index (χ4n) is 1.78. The minimum absolute atomic E-state index is 0. The molecular formula is C16H18ClNO2S. The molecule has 0 spiro atoms. The number of ether oxygens (including phenoxy) is 1. The van der Waals surface area contributed by atoms with Crippen molar-refractivity contribution >= 4 is 30.1 Å². The van der Waals surface area contributed by atoms with Gasteiger partial charge in [-0.15, -0.1) is 24.2 Å². The normalized spacial score (nSPS) is 9.76. The van der Waals surface area contributed by atoms with Gasteiger partial charge >= 0.3 is 5.97 Å². The maximum atomic E-state index is 11.8. The number of esters is 1. The van der Waals surface area contributed by atoms with Crippen LogP contribution in [0.5, 0.6) is 0 Å². The van der Waals surface area contributed by atoms with E-state index in [1.165, 1.54) is 5.56 Å². The predicted octanol–water partition coefficient (Wildman–Crippen LogP) is 4.01. The SMILES string of the molecule is CCOC(=O)c1cccnc1SCCc1ccccc1.Cl. The van der Waals surface area contributed by atoms with Crippen LogP contribution >= 0.6 is 24.2 Å². The lowest BCUT2D eigenvalue weighted by Gasteiger charge is -2.07. The molecule has 0 aliphatic carbocycles. The number of rotatable bonds is 6. The van der Waals surface area contributed by atoms with Crippen molar-refractivity contribution in [1.82, 2.24) is 4.98 Å². The highest BCUT2D eigenvalue weighted by atomic mass is 35.5. The number of benzene rings is 1. The first-order chi connectivity index (χ1) is 9.81. The van der Waals surface area contributed by atoms with Crippen LogP contribution in [-0.4, -0.2) is 23.3 Å². The molecule has 21 heavy (non-hydrogen) atoms. The lowest BCUT2D eigenvalue weighted by atomic mass is 10.2. The van der Waals surface area contributed by atoms with Crippen LogP contribution in [0.3, 0.4) is 0 Å². The van der Waals surface area contributed by atoms with Crippen molar-refractivity contribution in [3.63, 3.8) is 0 Å². The van der Waals surface area contributed by atoms with E-state index in [0.29, 0.717) is 12.2 Å². The molecule has 0 unspecified atom stereocenters. The van der Waals surface area contributed by atoms with Crippen LogP contribution < -0.4 is 0 Å². The van der Waals surface area contributed by atoms with Crippen LogP contribution in [-0.2, 0) is 11.2 Å². The number of pyridine rings is 1. The van der Waals surface area contributed by atoms with E-state index in [2.05, 4.69) is 17.1 Å². The van der Waals surface area contributed by atoms with Gasteiger partial charge in [0.2, 0.25) is 0 Å². The Morgan fingerprint density at radius 3 is 2.67 bits per heavy atom. The summed E-state index contributed by atoms with van der Waals surface area (Å²) in [6.45, 7) is 2.18. The Balaban J connectivity index is 0.00000220. The molecule has 0 aliphatic rings. The molecule has 0 fully saturated rings. The average molecular weight is 324 g/mol.